The second-order valence-corrected chi connectivity index (χ2v) is 9.02. The highest BCUT2D eigenvalue weighted by Gasteiger charge is 2.19. The third-order valence-electron chi connectivity index (χ3n) is 1.90. The molecule has 1 aromatic rings. The number of hydrogen-bond acceptors (Lipinski definition) is 3. The maximum absolute atomic E-state index is 11.4. The van der Waals surface area contributed by atoms with Crippen LogP contribution in [0, 0.1) is 11.3 Å². The first-order chi connectivity index (χ1) is 7.33. The molecule has 0 aliphatic carbocycles. The molecule has 3 nitrogen and oxygen atoms in total. The summed E-state index contributed by atoms with van der Waals surface area (Å²) < 4.78 is 5.80. The Morgan fingerprint density at radius 3 is 2.44 bits per heavy atom. The summed E-state index contributed by atoms with van der Waals surface area (Å²) in [5.41, 5.74) is 0.967. The number of nitriles is 1. The van der Waals surface area contributed by atoms with Crippen molar-refractivity contribution in [2.24, 2.45) is 0 Å². The topological polar surface area (TPSA) is 50.1 Å². The van der Waals surface area contributed by atoms with Crippen molar-refractivity contribution in [3.63, 3.8) is 0 Å². The number of nitrogens with zero attached hydrogens (tertiary/aromatic N) is 1. The van der Waals surface area contributed by atoms with Gasteiger partial charge >= 0.3 is 0 Å². The number of ketones is 1. The number of rotatable bonds is 3. The number of carbonyl (C=O) groups is 1. The Kier molecular flexibility index (Phi) is 3.50. The van der Waals surface area contributed by atoms with Gasteiger partial charge in [-0.25, -0.2) is 0 Å². The molecule has 0 aliphatic heterocycles. The SMILES string of the molecule is CC(=O)c1cc(C#N)ccc1O[Si](C)(C)C. The van der Waals surface area contributed by atoms with Gasteiger partial charge in [-0.05, 0) is 44.8 Å². The van der Waals surface area contributed by atoms with Crippen molar-refractivity contribution < 1.29 is 9.22 Å². The Labute approximate surface area is 96.8 Å². The molecule has 0 N–H and O–H groups in total. The van der Waals surface area contributed by atoms with Crippen LogP contribution in [0.3, 0.4) is 0 Å². The van der Waals surface area contributed by atoms with Gasteiger partial charge in [0.05, 0.1) is 17.2 Å². The normalized spacial score (nSPS) is 10.7. The first-order valence-corrected chi connectivity index (χ1v) is 8.48. The van der Waals surface area contributed by atoms with Crippen LogP contribution in [-0.2, 0) is 0 Å². The van der Waals surface area contributed by atoms with Crippen LogP contribution in [-0.4, -0.2) is 14.1 Å². The zero-order valence-electron chi connectivity index (χ0n) is 10.00. The number of hydrogen-bond donors (Lipinski definition) is 0. The Morgan fingerprint density at radius 1 is 1.38 bits per heavy atom. The molecule has 0 aliphatic rings. The summed E-state index contributed by atoms with van der Waals surface area (Å²) in [6.07, 6.45) is 0. The monoisotopic (exact) mass is 233 g/mol. The average molecular weight is 233 g/mol. The van der Waals surface area contributed by atoms with Crippen molar-refractivity contribution in [1.29, 1.82) is 5.26 Å². The van der Waals surface area contributed by atoms with E-state index in [1.807, 2.05) is 6.07 Å². The van der Waals surface area contributed by atoms with Gasteiger partial charge in [-0.15, -0.1) is 0 Å². The highest BCUT2D eigenvalue weighted by molar-refractivity contribution is 6.70. The summed E-state index contributed by atoms with van der Waals surface area (Å²) in [7, 11) is -1.74. The molecule has 0 saturated heterocycles. The van der Waals surface area contributed by atoms with Crippen LogP contribution in [0.1, 0.15) is 22.8 Å². The third-order valence-corrected chi connectivity index (χ3v) is 2.74. The minimum Gasteiger partial charge on any atom is -0.544 e. The largest absolute Gasteiger partial charge is 0.544 e. The fourth-order valence-electron chi connectivity index (χ4n) is 1.29. The maximum atomic E-state index is 11.4. The van der Waals surface area contributed by atoms with Crippen LogP contribution in [0.5, 0.6) is 5.75 Å². The molecule has 1 aromatic carbocycles. The number of benzene rings is 1. The van der Waals surface area contributed by atoms with E-state index in [1.165, 1.54) is 6.92 Å². The van der Waals surface area contributed by atoms with E-state index in [2.05, 4.69) is 19.6 Å². The van der Waals surface area contributed by atoms with Crippen LogP contribution in [0.25, 0.3) is 0 Å². The highest BCUT2D eigenvalue weighted by Crippen LogP contribution is 2.23. The minimum absolute atomic E-state index is 0.0784. The number of carbonyl (C=O) groups excluding carboxylic acids is 1. The van der Waals surface area contributed by atoms with Gasteiger partial charge in [-0.2, -0.15) is 5.26 Å². The first-order valence-electron chi connectivity index (χ1n) is 5.07. The van der Waals surface area contributed by atoms with Crippen molar-refractivity contribution >= 4 is 14.1 Å². The maximum Gasteiger partial charge on any atom is 0.242 e. The predicted molar refractivity (Wildman–Crippen MR) is 65.1 cm³/mol. The predicted octanol–water partition coefficient (Wildman–Crippen LogP) is 2.97. The lowest BCUT2D eigenvalue weighted by Gasteiger charge is -2.21. The molecular formula is C12H15NO2Si. The smallest absolute Gasteiger partial charge is 0.242 e. The van der Waals surface area contributed by atoms with E-state index in [1.54, 1.807) is 18.2 Å². The van der Waals surface area contributed by atoms with Gasteiger partial charge in [0, 0.05) is 0 Å². The van der Waals surface area contributed by atoms with Crippen LogP contribution in [0.15, 0.2) is 18.2 Å². The van der Waals surface area contributed by atoms with Crippen LogP contribution >= 0.6 is 0 Å². The zero-order chi connectivity index (χ0) is 12.3. The third kappa shape index (κ3) is 3.21. The Hall–Kier alpha value is -1.60. The lowest BCUT2D eigenvalue weighted by Crippen LogP contribution is -2.30. The molecule has 84 valence electrons. The molecule has 0 heterocycles. The molecule has 0 atom stereocenters. The number of Topliss-reactive ketones (excluding diaryl/α,β-unsaturated/α-hetero) is 1. The molecule has 0 aromatic heterocycles. The molecule has 0 fully saturated rings. The minimum atomic E-state index is -1.74. The van der Waals surface area contributed by atoms with E-state index >= 15 is 0 Å². The Morgan fingerprint density at radius 2 is 2.00 bits per heavy atom. The van der Waals surface area contributed by atoms with Gasteiger partial charge in [0.1, 0.15) is 5.75 Å². The van der Waals surface area contributed by atoms with Gasteiger partial charge in [0.25, 0.3) is 0 Å². The van der Waals surface area contributed by atoms with Crippen molar-refractivity contribution in [1.82, 2.24) is 0 Å². The molecular weight excluding hydrogens is 218 g/mol. The molecule has 16 heavy (non-hydrogen) atoms. The lowest BCUT2D eigenvalue weighted by atomic mass is 10.1. The second-order valence-electron chi connectivity index (χ2n) is 4.59. The van der Waals surface area contributed by atoms with Crippen molar-refractivity contribution in [3.05, 3.63) is 29.3 Å². The molecule has 0 bridgehead atoms. The average Bonchev–Trinajstić information content (AvgIpc) is 2.15. The van der Waals surface area contributed by atoms with Crippen LogP contribution in [0.4, 0.5) is 0 Å². The molecule has 0 amide bonds. The first kappa shape index (κ1) is 12.5. The van der Waals surface area contributed by atoms with E-state index in [-0.39, 0.29) is 5.78 Å². The van der Waals surface area contributed by atoms with Crippen LogP contribution < -0.4 is 4.43 Å². The summed E-state index contributed by atoms with van der Waals surface area (Å²) in [6.45, 7) is 7.63. The highest BCUT2D eigenvalue weighted by atomic mass is 28.4. The van der Waals surface area contributed by atoms with E-state index in [4.69, 9.17) is 9.69 Å². The van der Waals surface area contributed by atoms with Crippen molar-refractivity contribution in [2.75, 3.05) is 0 Å². The van der Waals surface area contributed by atoms with Crippen molar-refractivity contribution in [3.8, 4) is 11.8 Å². The van der Waals surface area contributed by atoms with E-state index in [0.29, 0.717) is 16.9 Å². The summed E-state index contributed by atoms with van der Waals surface area (Å²) in [5.74, 6) is 0.510. The summed E-state index contributed by atoms with van der Waals surface area (Å²) >= 11 is 0. The van der Waals surface area contributed by atoms with E-state index < -0.39 is 8.32 Å². The molecule has 1 rings (SSSR count). The summed E-state index contributed by atoms with van der Waals surface area (Å²) in [5, 5.41) is 8.77. The molecule has 0 saturated carbocycles. The summed E-state index contributed by atoms with van der Waals surface area (Å²) in [6, 6.07) is 6.97. The molecule has 0 unspecified atom stereocenters. The van der Waals surface area contributed by atoms with E-state index in [0.717, 1.165) is 0 Å². The summed E-state index contributed by atoms with van der Waals surface area (Å²) in [4.78, 5) is 11.4. The zero-order valence-corrected chi connectivity index (χ0v) is 11.0. The lowest BCUT2D eigenvalue weighted by molar-refractivity contribution is 0.101. The fraction of sp³-hybridized carbons (Fsp3) is 0.333. The van der Waals surface area contributed by atoms with Crippen molar-refractivity contribution in [2.45, 2.75) is 26.6 Å². The molecule has 0 spiro atoms. The Balaban J connectivity index is 3.20. The standard InChI is InChI=1S/C12H15NO2Si/c1-9(14)11-7-10(8-13)5-6-12(11)15-16(2,3)4/h5-7H,1-4H3. The molecule has 4 heteroatoms. The van der Waals surface area contributed by atoms with Gasteiger partial charge in [-0.1, -0.05) is 0 Å². The molecule has 0 radical (unpaired) electrons. The van der Waals surface area contributed by atoms with Gasteiger partial charge in [-0.3, -0.25) is 4.79 Å². The Bertz CT molecular complexity index is 455. The van der Waals surface area contributed by atoms with Gasteiger partial charge < -0.3 is 4.43 Å². The van der Waals surface area contributed by atoms with Crippen LogP contribution in [0.2, 0.25) is 19.6 Å². The van der Waals surface area contributed by atoms with Gasteiger partial charge in [0.2, 0.25) is 8.32 Å². The fourth-order valence-corrected chi connectivity index (χ4v) is 2.13. The van der Waals surface area contributed by atoms with Gasteiger partial charge in [0.15, 0.2) is 5.78 Å². The second kappa shape index (κ2) is 4.50. The van der Waals surface area contributed by atoms with E-state index in [9.17, 15) is 4.79 Å². The quantitative estimate of drug-likeness (QED) is 0.595.